The monoisotopic (exact) mass is 377 g/mol. The van der Waals surface area contributed by atoms with Gasteiger partial charge in [-0.05, 0) is 37.8 Å². The fourth-order valence-corrected chi connectivity index (χ4v) is 4.43. The average molecular weight is 378 g/mol. The van der Waals surface area contributed by atoms with Gasteiger partial charge < -0.3 is 4.74 Å². The van der Waals surface area contributed by atoms with Gasteiger partial charge in [0.15, 0.2) is 5.82 Å². The summed E-state index contributed by atoms with van der Waals surface area (Å²) < 4.78 is 21.7. The molecule has 7 heteroatoms. The molecule has 2 aliphatic rings. The zero-order chi connectivity index (χ0) is 18.3. The summed E-state index contributed by atoms with van der Waals surface area (Å²) in [6, 6.07) is 4.63. The van der Waals surface area contributed by atoms with Gasteiger partial charge in [0.25, 0.3) is 0 Å². The molecule has 5 nitrogen and oxygen atoms in total. The predicted octanol–water partition coefficient (Wildman–Crippen LogP) is 4.02. The first-order chi connectivity index (χ1) is 12.5. The molecule has 138 valence electrons. The number of carbonyl (C=O) groups excluding carboxylic acids is 1. The largest absolute Gasteiger partial charge is 0.458 e. The number of halogens is 2. The summed E-state index contributed by atoms with van der Waals surface area (Å²) in [5, 5.41) is 4.90. The number of aromatic nitrogens is 3. The third-order valence-corrected chi connectivity index (χ3v) is 5.87. The lowest BCUT2D eigenvalue weighted by atomic mass is 9.85. The summed E-state index contributed by atoms with van der Waals surface area (Å²) in [5.74, 6) is 0.685. The summed E-state index contributed by atoms with van der Waals surface area (Å²) >= 11 is 6.20. The molecule has 0 N–H and O–H groups in total. The van der Waals surface area contributed by atoms with Crippen LogP contribution in [-0.4, -0.2) is 26.3 Å². The maximum atomic E-state index is 14.3. The highest BCUT2D eigenvalue weighted by molar-refractivity contribution is 6.31. The number of esters is 1. The lowest BCUT2D eigenvalue weighted by Gasteiger charge is -2.28. The van der Waals surface area contributed by atoms with Gasteiger partial charge in [-0.3, -0.25) is 4.79 Å². The van der Waals surface area contributed by atoms with E-state index in [4.69, 9.17) is 16.3 Å². The summed E-state index contributed by atoms with van der Waals surface area (Å²) in [5.41, 5.74) is -0.0972. The maximum Gasteiger partial charge on any atom is 0.307 e. The van der Waals surface area contributed by atoms with Gasteiger partial charge in [-0.2, -0.15) is 5.10 Å². The quantitative estimate of drug-likeness (QED) is 0.755. The van der Waals surface area contributed by atoms with Crippen LogP contribution in [0.15, 0.2) is 18.2 Å². The van der Waals surface area contributed by atoms with E-state index in [-0.39, 0.29) is 24.2 Å². The van der Waals surface area contributed by atoms with Crippen molar-refractivity contribution >= 4 is 17.6 Å². The van der Waals surface area contributed by atoms with Crippen LogP contribution in [0.2, 0.25) is 5.02 Å². The summed E-state index contributed by atoms with van der Waals surface area (Å²) in [6.45, 7) is 2.16. The van der Waals surface area contributed by atoms with Gasteiger partial charge in [0.2, 0.25) is 0 Å². The predicted molar refractivity (Wildman–Crippen MR) is 94.6 cm³/mol. The Balaban J connectivity index is 1.75. The van der Waals surface area contributed by atoms with E-state index in [0.29, 0.717) is 35.1 Å². The maximum absolute atomic E-state index is 14.3. The van der Waals surface area contributed by atoms with Crippen molar-refractivity contribution in [3.63, 3.8) is 0 Å². The number of nitrogens with zero attached hydrogens (tertiary/aromatic N) is 3. The van der Waals surface area contributed by atoms with Crippen LogP contribution >= 0.6 is 11.6 Å². The fraction of sp³-hybridized carbons (Fsp3) is 0.526. The van der Waals surface area contributed by atoms with E-state index in [1.807, 2.05) is 6.92 Å². The Bertz CT molecular complexity index is 825. The minimum atomic E-state index is -0.480. The second-order valence-corrected chi connectivity index (χ2v) is 7.51. The number of aryl methyl sites for hydroxylation is 1. The van der Waals surface area contributed by atoms with Crippen LogP contribution in [0.5, 0.6) is 0 Å². The molecule has 1 aromatic heterocycles. The molecule has 1 aliphatic heterocycles. The van der Waals surface area contributed by atoms with E-state index in [1.165, 1.54) is 6.07 Å². The van der Waals surface area contributed by atoms with Crippen LogP contribution in [0.1, 0.15) is 62.2 Å². The van der Waals surface area contributed by atoms with Crippen molar-refractivity contribution < 1.29 is 13.9 Å². The molecule has 0 bridgehead atoms. The van der Waals surface area contributed by atoms with Crippen LogP contribution < -0.4 is 0 Å². The van der Waals surface area contributed by atoms with E-state index >= 15 is 0 Å². The number of hydrogen-bond donors (Lipinski definition) is 0. The molecule has 1 spiro atoms. The molecule has 2 fully saturated rings. The van der Waals surface area contributed by atoms with E-state index < -0.39 is 5.60 Å². The first kappa shape index (κ1) is 17.5. The molecule has 0 radical (unpaired) electrons. The van der Waals surface area contributed by atoms with Crippen LogP contribution in [0.3, 0.4) is 0 Å². The van der Waals surface area contributed by atoms with E-state index in [0.717, 1.165) is 25.7 Å². The van der Waals surface area contributed by atoms with Crippen molar-refractivity contribution in [1.82, 2.24) is 14.8 Å². The summed E-state index contributed by atoms with van der Waals surface area (Å²) in [7, 11) is 0. The molecule has 26 heavy (non-hydrogen) atoms. The van der Waals surface area contributed by atoms with E-state index in [9.17, 15) is 9.18 Å². The zero-order valence-electron chi connectivity index (χ0n) is 14.7. The highest BCUT2D eigenvalue weighted by Gasteiger charge is 2.53. The van der Waals surface area contributed by atoms with Gasteiger partial charge in [0, 0.05) is 17.0 Å². The Kier molecular flexibility index (Phi) is 4.47. The van der Waals surface area contributed by atoms with E-state index in [1.54, 1.807) is 16.8 Å². The number of rotatable bonds is 4. The third kappa shape index (κ3) is 2.90. The number of ether oxygens (including phenoxy) is 1. The van der Waals surface area contributed by atoms with Gasteiger partial charge in [-0.1, -0.05) is 24.6 Å². The molecular formula is C19H21ClFN3O2. The van der Waals surface area contributed by atoms with Crippen LogP contribution in [0.4, 0.5) is 4.39 Å². The van der Waals surface area contributed by atoms with Crippen molar-refractivity contribution in [3.05, 3.63) is 46.3 Å². The molecule has 0 unspecified atom stereocenters. The highest BCUT2D eigenvalue weighted by Crippen LogP contribution is 2.50. The van der Waals surface area contributed by atoms with Crippen molar-refractivity contribution in [2.75, 3.05) is 0 Å². The van der Waals surface area contributed by atoms with Gasteiger partial charge in [-0.25, -0.2) is 14.1 Å². The average Bonchev–Trinajstić information content (AvgIpc) is 3.31. The topological polar surface area (TPSA) is 57.0 Å². The van der Waals surface area contributed by atoms with Crippen LogP contribution in [0, 0.1) is 5.82 Å². The number of carbonyl (C=O) groups is 1. The molecule has 1 aliphatic carbocycles. The Morgan fingerprint density at radius 1 is 1.38 bits per heavy atom. The van der Waals surface area contributed by atoms with Crippen molar-refractivity contribution in [2.45, 2.75) is 63.5 Å². The Labute approximate surface area is 156 Å². The molecule has 2 heterocycles. The fourth-order valence-electron chi connectivity index (χ4n) is 4.20. The molecule has 1 saturated carbocycles. The molecular weight excluding hydrogens is 357 g/mol. The summed E-state index contributed by atoms with van der Waals surface area (Å²) in [4.78, 5) is 16.8. The molecule has 2 aromatic rings. The number of benzene rings is 1. The van der Waals surface area contributed by atoms with Crippen molar-refractivity contribution in [1.29, 1.82) is 0 Å². The number of hydrogen-bond acceptors (Lipinski definition) is 4. The molecule has 4 rings (SSSR count). The van der Waals surface area contributed by atoms with E-state index in [2.05, 4.69) is 10.1 Å². The van der Waals surface area contributed by atoms with Crippen molar-refractivity contribution in [3.8, 4) is 0 Å². The highest BCUT2D eigenvalue weighted by atomic mass is 35.5. The smallest absolute Gasteiger partial charge is 0.307 e. The molecule has 1 atom stereocenters. The van der Waals surface area contributed by atoms with Crippen LogP contribution in [-0.2, 0) is 22.5 Å². The lowest BCUT2D eigenvalue weighted by molar-refractivity contribution is -0.148. The minimum Gasteiger partial charge on any atom is -0.458 e. The second kappa shape index (κ2) is 6.65. The van der Waals surface area contributed by atoms with Crippen LogP contribution in [0.25, 0.3) is 0 Å². The van der Waals surface area contributed by atoms with Gasteiger partial charge in [0.1, 0.15) is 17.2 Å². The standard InChI is InChI=1S/C19H21ClFN3O2/c1-2-16-22-18(13-10-17(25)26-19(13)8-3-4-9-19)24(23-16)11-12-14(20)6-5-7-15(12)21/h5-7,13H,2-4,8-11H2,1H3/t13-/m1/s1. The Morgan fingerprint density at radius 3 is 2.85 bits per heavy atom. The van der Waals surface area contributed by atoms with Gasteiger partial charge in [0.05, 0.1) is 18.9 Å². The normalized spacial score (nSPS) is 21.5. The third-order valence-electron chi connectivity index (χ3n) is 5.51. The first-order valence-electron chi connectivity index (χ1n) is 9.11. The molecule has 0 amide bonds. The van der Waals surface area contributed by atoms with Crippen molar-refractivity contribution in [2.24, 2.45) is 0 Å². The second-order valence-electron chi connectivity index (χ2n) is 7.10. The SMILES string of the molecule is CCc1nc([C@H]2CC(=O)OC23CCCC3)n(Cc2c(F)cccc2Cl)n1. The summed E-state index contributed by atoms with van der Waals surface area (Å²) in [6.07, 6.45) is 4.73. The molecule has 1 aromatic carbocycles. The Hall–Kier alpha value is -1.95. The Morgan fingerprint density at radius 2 is 2.15 bits per heavy atom. The zero-order valence-corrected chi connectivity index (χ0v) is 15.4. The van der Waals surface area contributed by atoms with Gasteiger partial charge in [-0.15, -0.1) is 0 Å². The first-order valence-corrected chi connectivity index (χ1v) is 9.48. The lowest BCUT2D eigenvalue weighted by Crippen LogP contribution is -2.32. The molecule has 1 saturated heterocycles. The minimum absolute atomic E-state index is 0.143. The van der Waals surface area contributed by atoms with Gasteiger partial charge >= 0.3 is 5.97 Å².